The molecule has 20 heavy (non-hydrogen) atoms. The average Bonchev–Trinajstić information content (AvgIpc) is 2.76. The Labute approximate surface area is 124 Å². The zero-order chi connectivity index (χ0) is 14.1. The van der Waals surface area contributed by atoms with Crippen molar-refractivity contribution >= 4 is 38.9 Å². The molecule has 0 fully saturated rings. The SMILES string of the molecule is Cc1sc2ccccc2c1Sc1ccc([N+](=O)[O-])cc1. The lowest BCUT2D eigenvalue weighted by Crippen LogP contribution is -1.86. The molecule has 1 aromatic heterocycles. The van der Waals surface area contributed by atoms with Gasteiger partial charge in [-0.1, -0.05) is 30.0 Å². The van der Waals surface area contributed by atoms with E-state index < -0.39 is 0 Å². The first-order chi connectivity index (χ1) is 9.65. The van der Waals surface area contributed by atoms with Crippen LogP contribution in [0.3, 0.4) is 0 Å². The van der Waals surface area contributed by atoms with Crippen LogP contribution in [0.1, 0.15) is 4.88 Å². The fourth-order valence-electron chi connectivity index (χ4n) is 2.02. The van der Waals surface area contributed by atoms with E-state index in [9.17, 15) is 10.1 Å². The summed E-state index contributed by atoms with van der Waals surface area (Å²) in [6.07, 6.45) is 0. The van der Waals surface area contributed by atoms with Crippen LogP contribution in [-0.4, -0.2) is 4.92 Å². The Balaban J connectivity index is 1.96. The lowest BCUT2D eigenvalue weighted by Gasteiger charge is -2.02. The topological polar surface area (TPSA) is 43.1 Å². The van der Waals surface area contributed by atoms with Gasteiger partial charge in [0.05, 0.1) is 4.92 Å². The van der Waals surface area contributed by atoms with E-state index in [1.165, 1.54) is 19.9 Å². The van der Waals surface area contributed by atoms with Gasteiger partial charge in [-0.15, -0.1) is 11.3 Å². The Morgan fingerprint density at radius 1 is 1.10 bits per heavy atom. The van der Waals surface area contributed by atoms with Gasteiger partial charge in [0.1, 0.15) is 0 Å². The lowest BCUT2D eigenvalue weighted by molar-refractivity contribution is -0.384. The molecule has 0 amide bonds. The van der Waals surface area contributed by atoms with Gasteiger partial charge < -0.3 is 0 Å². The third-order valence-corrected chi connectivity index (χ3v) is 5.44. The minimum absolute atomic E-state index is 0.126. The monoisotopic (exact) mass is 301 g/mol. The van der Waals surface area contributed by atoms with Gasteiger partial charge in [-0.05, 0) is 25.1 Å². The van der Waals surface area contributed by atoms with Gasteiger partial charge in [0.2, 0.25) is 0 Å². The molecule has 2 aromatic carbocycles. The number of nitro benzene ring substituents is 1. The molecule has 0 aliphatic carbocycles. The molecule has 0 radical (unpaired) electrons. The number of hydrogen-bond donors (Lipinski definition) is 0. The summed E-state index contributed by atoms with van der Waals surface area (Å²) in [5.41, 5.74) is 0.126. The second kappa shape index (κ2) is 5.26. The molecule has 0 aliphatic heterocycles. The van der Waals surface area contributed by atoms with Crippen molar-refractivity contribution in [3.05, 3.63) is 63.5 Å². The minimum atomic E-state index is -0.375. The fraction of sp³-hybridized carbons (Fsp3) is 0.0667. The van der Waals surface area contributed by atoms with Gasteiger partial charge in [0.15, 0.2) is 0 Å². The van der Waals surface area contributed by atoms with Gasteiger partial charge in [0.25, 0.3) is 5.69 Å². The highest BCUT2D eigenvalue weighted by Crippen LogP contribution is 2.41. The number of nitro groups is 1. The molecular weight excluding hydrogens is 290 g/mol. The predicted molar refractivity (Wildman–Crippen MR) is 83.8 cm³/mol. The van der Waals surface area contributed by atoms with Crippen LogP contribution in [0.25, 0.3) is 10.1 Å². The van der Waals surface area contributed by atoms with E-state index in [1.54, 1.807) is 47.4 Å². The normalized spacial score (nSPS) is 10.8. The molecule has 100 valence electrons. The van der Waals surface area contributed by atoms with E-state index in [2.05, 4.69) is 19.1 Å². The van der Waals surface area contributed by atoms with Crippen molar-refractivity contribution in [1.29, 1.82) is 0 Å². The first-order valence-corrected chi connectivity index (χ1v) is 7.69. The number of fused-ring (bicyclic) bond motifs is 1. The zero-order valence-electron chi connectivity index (χ0n) is 10.7. The molecule has 0 spiro atoms. The standard InChI is InChI=1S/C15H11NO2S2/c1-10-15(13-4-2-3-5-14(13)19-10)20-12-8-6-11(7-9-12)16(17)18/h2-9H,1H3. The van der Waals surface area contributed by atoms with Crippen molar-refractivity contribution in [3.8, 4) is 0 Å². The zero-order valence-corrected chi connectivity index (χ0v) is 12.3. The molecule has 3 aromatic rings. The highest BCUT2D eigenvalue weighted by Gasteiger charge is 2.11. The molecule has 5 heteroatoms. The van der Waals surface area contributed by atoms with Gasteiger partial charge in [-0.2, -0.15) is 0 Å². The number of hydrogen-bond acceptors (Lipinski definition) is 4. The summed E-state index contributed by atoms with van der Waals surface area (Å²) in [7, 11) is 0. The van der Waals surface area contributed by atoms with Gasteiger partial charge >= 0.3 is 0 Å². The van der Waals surface area contributed by atoms with Crippen LogP contribution in [-0.2, 0) is 0 Å². The van der Waals surface area contributed by atoms with Crippen LogP contribution in [0.15, 0.2) is 58.3 Å². The molecule has 0 atom stereocenters. The summed E-state index contributed by atoms with van der Waals surface area (Å²) in [4.78, 5) is 13.8. The molecule has 0 N–H and O–H groups in total. The first-order valence-electron chi connectivity index (χ1n) is 6.05. The maximum atomic E-state index is 10.7. The van der Waals surface area contributed by atoms with E-state index in [1.807, 2.05) is 12.1 Å². The summed E-state index contributed by atoms with van der Waals surface area (Å²) >= 11 is 3.44. The molecule has 0 saturated heterocycles. The first kappa shape index (κ1) is 13.1. The summed E-state index contributed by atoms with van der Waals surface area (Å²) < 4.78 is 1.27. The smallest absolute Gasteiger partial charge is 0.258 e. The van der Waals surface area contributed by atoms with Gasteiger partial charge in [-0.25, -0.2) is 0 Å². The van der Waals surface area contributed by atoms with E-state index in [0.29, 0.717) is 0 Å². The van der Waals surface area contributed by atoms with Crippen molar-refractivity contribution in [2.75, 3.05) is 0 Å². The van der Waals surface area contributed by atoms with Crippen LogP contribution < -0.4 is 0 Å². The average molecular weight is 301 g/mol. The van der Waals surface area contributed by atoms with Crippen molar-refractivity contribution in [3.63, 3.8) is 0 Å². The minimum Gasteiger partial charge on any atom is -0.258 e. The van der Waals surface area contributed by atoms with E-state index in [-0.39, 0.29) is 10.6 Å². The van der Waals surface area contributed by atoms with Crippen LogP contribution in [0.2, 0.25) is 0 Å². The molecule has 1 heterocycles. The Bertz CT molecular complexity index is 778. The van der Waals surface area contributed by atoms with Crippen LogP contribution in [0.4, 0.5) is 5.69 Å². The highest BCUT2D eigenvalue weighted by atomic mass is 32.2. The van der Waals surface area contributed by atoms with Crippen molar-refractivity contribution < 1.29 is 4.92 Å². The Kier molecular flexibility index (Phi) is 3.46. The largest absolute Gasteiger partial charge is 0.269 e. The third-order valence-electron chi connectivity index (χ3n) is 2.98. The quantitative estimate of drug-likeness (QED) is 0.489. The molecule has 3 rings (SSSR count). The van der Waals surface area contributed by atoms with Crippen LogP contribution in [0, 0.1) is 17.0 Å². The van der Waals surface area contributed by atoms with Crippen molar-refractivity contribution in [2.24, 2.45) is 0 Å². The van der Waals surface area contributed by atoms with Gasteiger partial charge in [0, 0.05) is 36.9 Å². The third kappa shape index (κ3) is 2.42. The number of aryl methyl sites for hydroxylation is 1. The van der Waals surface area contributed by atoms with Crippen molar-refractivity contribution in [1.82, 2.24) is 0 Å². The number of thiophene rings is 1. The van der Waals surface area contributed by atoms with E-state index in [4.69, 9.17) is 0 Å². The molecule has 0 unspecified atom stereocenters. The van der Waals surface area contributed by atoms with Crippen LogP contribution >= 0.6 is 23.1 Å². The molecule has 3 nitrogen and oxygen atoms in total. The molecule has 0 bridgehead atoms. The van der Waals surface area contributed by atoms with Gasteiger partial charge in [-0.3, -0.25) is 10.1 Å². The van der Waals surface area contributed by atoms with Crippen LogP contribution in [0.5, 0.6) is 0 Å². The second-order valence-electron chi connectivity index (χ2n) is 4.34. The summed E-state index contributed by atoms with van der Waals surface area (Å²) in [6.45, 7) is 2.11. The lowest BCUT2D eigenvalue weighted by atomic mass is 10.2. The number of benzene rings is 2. The van der Waals surface area contributed by atoms with Crippen molar-refractivity contribution in [2.45, 2.75) is 16.7 Å². The second-order valence-corrected chi connectivity index (χ2v) is 6.68. The number of non-ortho nitro benzene ring substituents is 1. The molecule has 0 aliphatic rings. The Morgan fingerprint density at radius 2 is 1.80 bits per heavy atom. The summed E-state index contributed by atoms with van der Waals surface area (Å²) in [6, 6.07) is 15.0. The Morgan fingerprint density at radius 3 is 2.50 bits per heavy atom. The summed E-state index contributed by atoms with van der Waals surface area (Å²) in [5.74, 6) is 0. The molecule has 0 saturated carbocycles. The molecular formula is C15H11NO2S2. The Hall–Kier alpha value is -1.85. The maximum Gasteiger partial charge on any atom is 0.269 e. The summed E-state index contributed by atoms with van der Waals surface area (Å²) in [5, 5.41) is 11.9. The van der Waals surface area contributed by atoms with E-state index >= 15 is 0 Å². The van der Waals surface area contributed by atoms with E-state index in [0.717, 1.165) is 4.90 Å². The number of nitrogens with zero attached hydrogens (tertiary/aromatic N) is 1. The maximum absolute atomic E-state index is 10.7. The predicted octanol–water partition coefficient (Wildman–Crippen LogP) is 5.27. The highest BCUT2D eigenvalue weighted by molar-refractivity contribution is 7.99. The fourth-order valence-corrected chi connectivity index (χ4v) is 4.24. The number of rotatable bonds is 3.